The average Bonchev–Trinajstić information content (AvgIpc) is 2.89. The fraction of sp³-hybridized carbons (Fsp3) is 0.417. The van der Waals surface area contributed by atoms with E-state index in [2.05, 4.69) is 4.98 Å². The first-order valence-corrected chi connectivity index (χ1v) is 8.50. The monoisotopic (exact) mass is 314 g/mol. The Hall–Kier alpha value is -1.31. The van der Waals surface area contributed by atoms with Crippen LogP contribution < -0.4 is 10.6 Å². The number of nitrogens with zero attached hydrogens (tertiary/aromatic N) is 3. The van der Waals surface area contributed by atoms with Crippen molar-refractivity contribution in [3.05, 3.63) is 29.2 Å². The zero-order valence-corrected chi connectivity index (χ0v) is 12.4. The van der Waals surface area contributed by atoms with Crippen LogP contribution in [0, 0.1) is 0 Å². The van der Waals surface area contributed by atoms with Crippen LogP contribution in [0.3, 0.4) is 0 Å². The summed E-state index contributed by atoms with van der Waals surface area (Å²) in [5.41, 5.74) is 7.49. The molecule has 2 N–H and O–H groups in total. The number of hydrogen-bond acceptors (Lipinski definition) is 5. The van der Waals surface area contributed by atoms with E-state index in [0.717, 1.165) is 16.9 Å². The Morgan fingerprint density at radius 2 is 2.05 bits per heavy atom. The minimum atomic E-state index is -2.92. The van der Waals surface area contributed by atoms with Crippen LogP contribution in [-0.2, 0) is 16.4 Å². The highest BCUT2D eigenvalue weighted by atomic mass is 35.5. The van der Waals surface area contributed by atoms with Gasteiger partial charge in [0, 0.05) is 25.2 Å². The van der Waals surface area contributed by atoms with Crippen molar-refractivity contribution in [1.82, 2.24) is 9.38 Å². The topological polar surface area (TPSA) is 80.7 Å². The van der Waals surface area contributed by atoms with E-state index in [0.29, 0.717) is 24.7 Å². The SMILES string of the molecule is NCc1cc(Cl)c2cncn2c1N1CCS(=O)(=O)CC1. The number of imidazole rings is 1. The summed E-state index contributed by atoms with van der Waals surface area (Å²) >= 11 is 6.21. The van der Waals surface area contributed by atoms with Crippen LogP contribution in [-0.4, -0.2) is 42.4 Å². The van der Waals surface area contributed by atoms with E-state index in [1.54, 1.807) is 12.5 Å². The fourth-order valence-electron chi connectivity index (χ4n) is 2.52. The zero-order valence-electron chi connectivity index (χ0n) is 10.8. The summed E-state index contributed by atoms with van der Waals surface area (Å²) < 4.78 is 25.0. The van der Waals surface area contributed by atoms with E-state index in [4.69, 9.17) is 17.3 Å². The minimum absolute atomic E-state index is 0.163. The minimum Gasteiger partial charge on any atom is -0.355 e. The second kappa shape index (κ2) is 4.91. The average molecular weight is 315 g/mol. The third-order valence-electron chi connectivity index (χ3n) is 3.56. The summed E-state index contributed by atoms with van der Waals surface area (Å²) in [6.07, 6.45) is 3.37. The van der Waals surface area contributed by atoms with Crippen molar-refractivity contribution in [2.45, 2.75) is 6.54 Å². The molecule has 0 radical (unpaired) electrons. The van der Waals surface area contributed by atoms with Crippen LogP contribution >= 0.6 is 11.6 Å². The fourth-order valence-corrected chi connectivity index (χ4v) is 3.99. The maximum absolute atomic E-state index is 11.6. The number of hydrogen-bond donors (Lipinski definition) is 1. The molecule has 1 saturated heterocycles. The van der Waals surface area contributed by atoms with E-state index in [9.17, 15) is 8.42 Å². The van der Waals surface area contributed by atoms with Crippen molar-refractivity contribution < 1.29 is 8.42 Å². The quantitative estimate of drug-likeness (QED) is 0.881. The molecule has 20 heavy (non-hydrogen) atoms. The number of anilines is 1. The van der Waals surface area contributed by atoms with Gasteiger partial charge in [0.2, 0.25) is 0 Å². The molecule has 8 heteroatoms. The van der Waals surface area contributed by atoms with Crippen molar-refractivity contribution in [2.24, 2.45) is 5.73 Å². The first-order chi connectivity index (χ1) is 9.52. The van der Waals surface area contributed by atoms with Crippen LogP contribution in [0.2, 0.25) is 5.02 Å². The summed E-state index contributed by atoms with van der Waals surface area (Å²) in [4.78, 5) is 6.15. The first-order valence-electron chi connectivity index (χ1n) is 6.31. The molecule has 2 aromatic heterocycles. The molecule has 0 amide bonds. The second-order valence-corrected chi connectivity index (χ2v) is 7.54. The Kier molecular flexibility index (Phi) is 3.35. The lowest BCUT2D eigenvalue weighted by Gasteiger charge is -2.31. The van der Waals surface area contributed by atoms with Gasteiger partial charge in [0.05, 0.1) is 28.2 Å². The Balaban J connectivity index is 2.11. The molecule has 1 aliphatic rings. The number of rotatable bonds is 2. The normalized spacial score (nSPS) is 18.6. The van der Waals surface area contributed by atoms with Gasteiger partial charge in [0.15, 0.2) is 9.84 Å². The summed E-state index contributed by atoms with van der Waals surface area (Å²) in [7, 11) is -2.92. The first kappa shape index (κ1) is 13.7. The van der Waals surface area contributed by atoms with Crippen molar-refractivity contribution in [2.75, 3.05) is 29.5 Å². The van der Waals surface area contributed by atoms with E-state index >= 15 is 0 Å². The molecule has 0 aromatic carbocycles. The summed E-state index contributed by atoms with van der Waals surface area (Å²) in [5, 5.41) is 0.594. The van der Waals surface area contributed by atoms with E-state index in [1.165, 1.54) is 0 Å². The third-order valence-corrected chi connectivity index (χ3v) is 5.48. The Labute approximate surface area is 122 Å². The van der Waals surface area contributed by atoms with E-state index < -0.39 is 9.84 Å². The van der Waals surface area contributed by atoms with Crippen molar-refractivity contribution in [1.29, 1.82) is 0 Å². The number of pyridine rings is 1. The molecule has 1 aliphatic heterocycles. The van der Waals surface area contributed by atoms with Crippen molar-refractivity contribution in [3.63, 3.8) is 0 Å². The summed E-state index contributed by atoms with van der Waals surface area (Å²) in [5.74, 6) is 1.21. The van der Waals surface area contributed by atoms with Crippen LogP contribution in [0.1, 0.15) is 5.56 Å². The van der Waals surface area contributed by atoms with Crippen LogP contribution in [0.4, 0.5) is 5.82 Å². The molecule has 108 valence electrons. The predicted molar refractivity (Wildman–Crippen MR) is 79.0 cm³/mol. The molecule has 0 bridgehead atoms. The van der Waals surface area contributed by atoms with Crippen LogP contribution in [0.15, 0.2) is 18.6 Å². The summed E-state index contributed by atoms with van der Waals surface area (Å²) in [6.45, 7) is 1.26. The number of aromatic nitrogens is 2. The number of halogens is 1. The van der Waals surface area contributed by atoms with Gasteiger partial charge >= 0.3 is 0 Å². The molecule has 0 unspecified atom stereocenters. The second-order valence-electron chi connectivity index (χ2n) is 4.83. The highest BCUT2D eigenvalue weighted by molar-refractivity contribution is 7.91. The number of fused-ring (bicyclic) bond motifs is 1. The zero-order chi connectivity index (χ0) is 14.3. The number of nitrogens with two attached hydrogens (primary N) is 1. The molecular formula is C12H15ClN4O2S. The van der Waals surface area contributed by atoms with Gasteiger partial charge in [-0.05, 0) is 6.07 Å². The van der Waals surface area contributed by atoms with Crippen molar-refractivity contribution >= 4 is 32.8 Å². The molecule has 6 nitrogen and oxygen atoms in total. The lowest BCUT2D eigenvalue weighted by molar-refractivity contribution is 0.586. The van der Waals surface area contributed by atoms with Gasteiger partial charge in [-0.3, -0.25) is 4.40 Å². The van der Waals surface area contributed by atoms with Crippen LogP contribution in [0.5, 0.6) is 0 Å². The molecule has 0 spiro atoms. The molecule has 2 aromatic rings. The maximum atomic E-state index is 11.6. The van der Waals surface area contributed by atoms with Gasteiger partial charge in [-0.2, -0.15) is 0 Å². The van der Waals surface area contributed by atoms with Gasteiger partial charge in [-0.1, -0.05) is 11.6 Å². The molecule has 0 aliphatic carbocycles. The highest BCUT2D eigenvalue weighted by Gasteiger charge is 2.25. The van der Waals surface area contributed by atoms with E-state index in [-0.39, 0.29) is 11.5 Å². The third kappa shape index (κ3) is 2.25. The lowest BCUT2D eigenvalue weighted by atomic mass is 10.2. The molecule has 0 atom stereocenters. The highest BCUT2D eigenvalue weighted by Crippen LogP contribution is 2.29. The van der Waals surface area contributed by atoms with Crippen LogP contribution in [0.25, 0.3) is 5.52 Å². The smallest absolute Gasteiger partial charge is 0.153 e. The van der Waals surface area contributed by atoms with Gasteiger partial charge in [-0.15, -0.1) is 0 Å². The largest absolute Gasteiger partial charge is 0.355 e. The standard InChI is InChI=1S/C12H15ClN4O2S/c13-10-5-9(6-14)12(17-8-15-7-11(10)17)16-1-3-20(18,19)4-2-16/h5,7-8H,1-4,6,14H2. The molecule has 1 fully saturated rings. The Morgan fingerprint density at radius 1 is 1.35 bits per heavy atom. The Bertz CT molecular complexity index is 742. The molecule has 3 rings (SSSR count). The van der Waals surface area contributed by atoms with Crippen molar-refractivity contribution in [3.8, 4) is 0 Å². The van der Waals surface area contributed by atoms with Gasteiger partial charge in [0.25, 0.3) is 0 Å². The molecule has 3 heterocycles. The van der Waals surface area contributed by atoms with Gasteiger partial charge in [0.1, 0.15) is 12.1 Å². The molecular weight excluding hydrogens is 300 g/mol. The Morgan fingerprint density at radius 3 is 2.70 bits per heavy atom. The lowest BCUT2D eigenvalue weighted by Crippen LogP contribution is -2.41. The molecule has 0 saturated carbocycles. The maximum Gasteiger partial charge on any atom is 0.153 e. The summed E-state index contributed by atoms with van der Waals surface area (Å²) in [6, 6.07) is 1.83. The van der Waals surface area contributed by atoms with E-state index in [1.807, 2.05) is 15.4 Å². The van der Waals surface area contributed by atoms with Gasteiger partial charge < -0.3 is 10.6 Å². The number of sulfone groups is 1. The van der Waals surface area contributed by atoms with Gasteiger partial charge in [-0.25, -0.2) is 13.4 Å². The predicted octanol–water partition coefficient (Wildman–Crippen LogP) is 0.681.